The molecule has 3 heteroatoms. The minimum Gasteiger partial charge on any atom is -0.246 e. The molecule has 0 aliphatic carbocycles. The van der Waals surface area contributed by atoms with Gasteiger partial charge in [-0.2, -0.15) is 9.67 Å². The molecule has 0 radical (unpaired) electrons. The Morgan fingerprint density at radius 3 is 2.72 bits per heavy atom. The van der Waals surface area contributed by atoms with Crippen LogP contribution < -0.4 is 4.57 Å². The van der Waals surface area contributed by atoms with E-state index in [2.05, 4.69) is 72.5 Å². The maximum Gasteiger partial charge on any atom is 0.231 e. The standard InChI is InChI=1S/C15H20N3/c1-5-15(4)14(2,3)17-11-7-6-8-12(17)13-9-10-16-18(13)15/h6-11H,5H2,1-4H3/q+1. The molecule has 1 aliphatic rings. The third-order valence-corrected chi connectivity index (χ3v) is 4.84. The molecule has 2 aromatic rings. The quantitative estimate of drug-likeness (QED) is 0.705. The van der Waals surface area contributed by atoms with Gasteiger partial charge >= 0.3 is 0 Å². The predicted molar refractivity (Wildman–Crippen MR) is 71.1 cm³/mol. The lowest BCUT2D eigenvalue weighted by Gasteiger charge is -2.43. The normalized spacial score (nSPS) is 24.4. The Labute approximate surface area is 108 Å². The molecular weight excluding hydrogens is 222 g/mol. The van der Waals surface area contributed by atoms with E-state index in [-0.39, 0.29) is 11.1 Å². The van der Waals surface area contributed by atoms with Gasteiger partial charge in [-0.3, -0.25) is 0 Å². The van der Waals surface area contributed by atoms with Crippen LogP contribution in [0.1, 0.15) is 34.1 Å². The van der Waals surface area contributed by atoms with E-state index in [9.17, 15) is 0 Å². The fraction of sp³-hybridized carbons (Fsp3) is 0.467. The third-order valence-electron chi connectivity index (χ3n) is 4.84. The van der Waals surface area contributed by atoms with Gasteiger partial charge in [-0.05, 0) is 25.5 Å². The minimum atomic E-state index is -0.00907. The molecule has 0 saturated heterocycles. The average molecular weight is 242 g/mol. The van der Waals surface area contributed by atoms with Gasteiger partial charge in [0.25, 0.3) is 0 Å². The second-order valence-electron chi connectivity index (χ2n) is 5.77. The zero-order valence-corrected chi connectivity index (χ0v) is 11.5. The van der Waals surface area contributed by atoms with E-state index in [1.165, 1.54) is 11.4 Å². The van der Waals surface area contributed by atoms with E-state index in [1.807, 2.05) is 6.20 Å². The summed E-state index contributed by atoms with van der Waals surface area (Å²) in [5, 5.41) is 4.58. The monoisotopic (exact) mass is 242 g/mol. The van der Waals surface area contributed by atoms with Crippen molar-refractivity contribution in [2.75, 3.05) is 0 Å². The number of aromatic nitrogens is 3. The topological polar surface area (TPSA) is 21.7 Å². The third kappa shape index (κ3) is 1.14. The molecule has 0 N–H and O–H groups in total. The predicted octanol–water partition coefficient (Wildman–Crippen LogP) is 2.71. The van der Waals surface area contributed by atoms with Crippen LogP contribution in [0.2, 0.25) is 0 Å². The average Bonchev–Trinajstić information content (AvgIpc) is 2.86. The lowest BCUT2D eigenvalue weighted by molar-refractivity contribution is -0.765. The van der Waals surface area contributed by atoms with Crippen LogP contribution in [0.4, 0.5) is 0 Å². The number of fused-ring (bicyclic) bond motifs is 3. The van der Waals surface area contributed by atoms with Gasteiger partial charge in [0.05, 0.1) is 0 Å². The molecule has 0 aromatic carbocycles. The molecule has 2 aromatic heterocycles. The van der Waals surface area contributed by atoms with Crippen molar-refractivity contribution in [3.05, 3.63) is 36.7 Å². The highest BCUT2D eigenvalue weighted by molar-refractivity contribution is 5.52. The lowest BCUT2D eigenvalue weighted by atomic mass is 9.76. The summed E-state index contributed by atoms with van der Waals surface area (Å²) in [6.45, 7) is 9.13. The zero-order valence-electron chi connectivity index (χ0n) is 11.5. The second-order valence-corrected chi connectivity index (χ2v) is 5.77. The molecule has 1 aliphatic heterocycles. The van der Waals surface area contributed by atoms with E-state index < -0.39 is 0 Å². The molecular formula is C15H20N3+. The zero-order chi connectivity index (χ0) is 13.0. The molecule has 3 rings (SSSR count). The minimum absolute atomic E-state index is 0.00262. The molecule has 1 unspecified atom stereocenters. The van der Waals surface area contributed by atoms with Crippen LogP contribution in [0.5, 0.6) is 0 Å². The van der Waals surface area contributed by atoms with Crippen molar-refractivity contribution < 1.29 is 4.57 Å². The van der Waals surface area contributed by atoms with Crippen LogP contribution in [0.25, 0.3) is 11.4 Å². The second kappa shape index (κ2) is 3.44. The molecule has 3 heterocycles. The summed E-state index contributed by atoms with van der Waals surface area (Å²) in [6, 6.07) is 8.47. The molecule has 0 fully saturated rings. The highest BCUT2D eigenvalue weighted by atomic mass is 15.4. The molecule has 0 amide bonds. The van der Waals surface area contributed by atoms with E-state index in [4.69, 9.17) is 0 Å². The SMILES string of the molecule is CCC1(C)n2nccc2-c2cccc[n+]2C1(C)C. The van der Waals surface area contributed by atoms with Gasteiger partial charge in [0.2, 0.25) is 5.69 Å². The van der Waals surface area contributed by atoms with E-state index >= 15 is 0 Å². The molecule has 1 atom stereocenters. The summed E-state index contributed by atoms with van der Waals surface area (Å²) >= 11 is 0. The summed E-state index contributed by atoms with van der Waals surface area (Å²) in [6.07, 6.45) is 5.14. The van der Waals surface area contributed by atoms with Gasteiger partial charge in [0.1, 0.15) is 11.2 Å². The smallest absolute Gasteiger partial charge is 0.231 e. The van der Waals surface area contributed by atoms with Crippen LogP contribution in [0.3, 0.4) is 0 Å². The fourth-order valence-electron chi connectivity index (χ4n) is 3.13. The Hall–Kier alpha value is -1.64. The Morgan fingerprint density at radius 2 is 2.00 bits per heavy atom. The first kappa shape index (κ1) is 11.5. The number of rotatable bonds is 1. The van der Waals surface area contributed by atoms with Crippen LogP contribution in [0.15, 0.2) is 36.7 Å². The largest absolute Gasteiger partial charge is 0.246 e. The Morgan fingerprint density at radius 1 is 1.22 bits per heavy atom. The number of pyridine rings is 1. The van der Waals surface area contributed by atoms with Gasteiger partial charge in [0, 0.05) is 32.2 Å². The van der Waals surface area contributed by atoms with E-state index in [0.717, 1.165) is 6.42 Å². The van der Waals surface area contributed by atoms with Gasteiger partial charge in [-0.1, -0.05) is 6.92 Å². The lowest BCUT2D eigenvalue weighted by Crippen LogP contribution is -2.68. The maximum absolute atomic E-state index is 4.58. The summed E-state index contributed by atoms with van der Waals surface area (Å²) in [4.78, 5) is 0. The van der Waals surface area contributed by atoms with Crippen LogP contribution in [-0.4, -0.2) is 9.78 Å². The maximum atomic E-state index is 4.58. The number of nitrogens with zero attached hydrogens (tertiary/aromatic N) is 3. The molecule has 94 valence electrons. The number of hydrogen-bond donors (Lipinski definition) is 0. The first-order valence-electron chi connectivity index (χ1n) is 6.58. The summed E-state index contributed by atoms with van der Waals surface area (Å²) < 4.78 is 4.58. The van der Waals surface area contributed by atoms with Crippen LogP contribution >= 0.6 is 0 Å². The van der Waals surface area contributed by atoms with Crippen molar-refractivity contribution in [1.29, 1.82) is 0 Å². The van der Waals surface area contributed by atoms with Crippen molar-refractivity contribution in [3.8, 4) is 11.4 Å². The van der Waals surface area contributed by atoms with Crippen LogP contribution in [0, 0.1) is 0 Å². The van der Waals surface area contributed by atoms with Crippen molar-refractivity contribution >= 4 is 0 Å². The highest BCUT2D eigenvalue weighted by Crippen LogP contribution is 2.41. The first-order chi connectivity index (χ1) is 8.52. The van der Waals surface area contributed by atoms with Crippen molar-refractivity contribution in [2.24, 2.45) is 0 Å². The summed E-state index contributed by atoms with van der Waals surface area (Å²) in [7, 11) is 0. The molecule has 3 nitrogen and oxygen atoms in total. The van der Waals surface area contributed by atoms with Crippen molar-refractivity contribution in [1.82, 2.24) is 9.78 Å². The highest BCUT2D eigenvalue weighted by Gasteiger charge is 2.54. The van der Waals surface area contributed by atoms with Crippen molar-refractivity contribution in [3.63, 3.8) is 0 Å². The fourth-order valence-corrected chi connectivity index (χ4v) is 3.13. The molecule has 0 spiro atoms. The van der Waals surface area contributed by atoms with Gasteiger partial charge in [-0.15, -0.1) is 0 Å². The summed E-state index contributed by atoms with van der Waals surface area (Å²) in [5.41, 5.74) is 2.44. The molecule has 0 saturated carbocycles. The Bertz CT molecular complexity index is 597. The summed E-state index contributed by atoms with van der Waals surface area (Å²) in [5.74, 6) is 0. The van der Waals surface area contributed by atoms with Crippen molar-refractivity contribution in [2.45, 2.75) is 45.2 Å². The van der Waals surface area contributed by atoms with E-state index in [1.54, 1.807) is 0 Å². The Balaban J connectivity index is 2.40. The molecule has 0 bridgehead atoms. The van der Waals surface area contributed by atoms with Gasteiger partial charge in [-0.25, -0.2) is 4.68 Å². The first-order valence-corrected chi connectivity index (χ1v) is 6.58. The van der Waals surface area contributed by atoms with Crippen LogP contribution in [-0.2, 0) is 11.1 Å². The molecule has 18 heavy (non-hydrogen) atoms. The van der Waals surface area contributed by atoms with E-state index in [0.29, 0.717) is 0 Å². The van der Waals surface area contributed by atoms with Gasteiger partial charge < -0.3 is 0 Å². The number of hydrogen-bond acceptors (Lipinski definition) is 1. The Kier molecular flexibility index (Phi) is 2.19. The van der Waals surface area contributed by atoms with Gasteiger partial charge in [0.15, 0.2) is 11.7 Å².